The Morgan fingerprint density at radius 2 is 2.21 bits per heavy atom. The van der Waals surface area contributed by atoms with E-state index >= 15 is 0 Å². The molecule has 0 aliphatic carbocycles. The van der Waals surface area contributed by atoms with Gasteiger partial charge in [-0.15, -0.1) is 11.3 Å². The monoisotopic (exact) mass is 399 g/mol. The van der Waals surface area contributed by atoms with Crippen LogP contribution >= 0.6 is 11.3 Å². The first-order valence-electron chi connectivity index (χ1n) is 8.88. The molecule has 1 aliphatic rings. The van der Waals surface area contributed by atoms with Crippen LogP contribution in [-0.4, -0.2) is 58.7 Å². The van der Waals surface area contributed by atoms with Crippen molar-refractivity contribution in [3.8, 4) is 5.75 Å². The van der Waals surface area contributed by atoms with Crippen LogP contribution in [-0.2, 0) is 0 Å². The topological polar surface area (TPSA) is 110 Å². The number of nitrogens with zero attached hydrogens (tertiary/aromatic N) is 5. The van der Waals surface area contributed by atoms with Gasteiger partial charge in [-0.05, 0) is 19.1 Å². The molecule has 9 nitrogen and oxygen atoms in total. The standard InChI is InChI=1S/C18H21N7O2S/c1-11-9-24(18(26)21-12-4-3-5-13(8-12)27-2)6-7-25(11)15-14-16(28-10-20-14)23-17(19)22-15/h3-5,8,10-11H,6-7,9H2,1-2H3,(H,21,26)(H2,19,22,23). The third kappa shape index (κ3) is 3.50. The normalized spacial score (nSPS) is 17.0. The molecule has 2 amide bonds. The maximum absolute atomic E-state index is 12.7. The van der Waals surface area contributed by atoms with E-state index < -0.39 is 0 Å². The van der Waals surface area contributed by atoms with Gasteiger partial charge in [0.25, 0.3) is 0 Å². The maximum Gasteiger partial charge on any atom is 0.321 e. The van der Waals surface area contributed by atoms with Crippen LogP contribution in [0.1, 0.15) is 6.92 Å². The Hall–Kier alpha value is -3.14. The Morgan fingerprint density at radius 3 is 3.00 bits per heavy atom. The van der Waals surface area contributed by atoms with Gasteiger partial charge in [0, 0.05) is 37.4 Å². The minimum Gasteiger partial charge on any atom is -0.497 e. The zero-order chi connectivity index (χ0) is 19.7. The number of methoxy groups -OCH3 is 1. The van der Waals surface area contributed by atoms with Crippen LogP contribution in [0.5, 0.6) is 5.75 Å². The molecule has 28 heavy (non-hydrogen) atoms. The lowest BCUT2D eigenvalue weighted by Crippen LogP contribution is -2.55. The van der Waals surface area contributed by atoms with E-state index in [-0.39, 0.29) is 18.0 Å². The maximum atomic E-state index is 12.7. The summed E-state index contributed by atoms with van der Waals surface area (Å²) in [6.45, 7) is 3.82. The van der Waals surface area contributed by atoms with Crippen LogP contribution < -0.4 is 20.7 Å². The third-order valence-corrected chi connectivity index (χ3v) is 5.42. The second kappa shape index (κ2) is 7.47. The molecule has 0 bridgehead atoms. The number of nitrogens with one attached hydrogen (secondary N) is 1. The van der Waals surface area contributed by atoms with Crippen LogP contribution in [0.4, 0.5) is 22.2 Å². The van der Waals surface area contributed by atoms with Crippen LogP contribution in [0.3, 0.4) is 0 Å². The number of carbonyl (C=O) groups excluding carboxylic acids is 1. The van der Waals surface area contributed by atoms with Crippen molar-refractivity contribution < 1.29 is 9.53 Å². The number of amides is 2. The predicted molar refractivity (Wildman–Crippen MR) is 110 cm³/mol. The highest BCUT2D eigenvalue weighted by Gasteiger charge is 2.29. The molecule has 146 valence electrons. The molecule has 1 aromatic carbocycles. The van der Waals surface area contributed by atoms with Gasteiger partial charge >= 0.3 is 6.03 Å². The zero-order valence-electron chi connectivity index (χ0n) is 15.6. The van der Waals surface area contributed by atoms with E-state index in [4.69, 9.17) is 10.5 Å². The Balaban J connectivity index is 1.47. The van der Waals surface area contributed by atoms with Gasteiger partial charge in [0.2, 0.25) is 5.95 Å². The number of thiazole rings is 1. The summed E-state index contributed by atoms with van der Waals surface area (Å²) < 4.78 is 5.20. The average Bonchev–Trinajstić information content (AvgIpc) is 3.16. The van der Waals surface area contributed by atoms with Crippen molar-refractivity contribution in [3.05, 3.63) is 29.8 Å². The number of rotatable bonds is 3. The first-order chi connectivity index (χ1) is 13.5. The van der Waals surface area contributed by atoms with Gasteiger partial charge in [0.15, 0.2) is 10.6 Å². The average molecular weight is 399 g/mol. The highest BCUT2D eigenvalue weighted by Crippen LogP contribution is 2.29. The van der Waals surface area contributed by atoms with Crippen molar-refractivity contribution in [1.82, 2.24) is 19.9 Å². The van der Waals surface area contributed by atoms with Crippen LogP contribution in [0.2, 0.25) is 0 Å². The molecule has 1 fully saturated rings. The molecule has 0 spiro atoms. The fraction of sp³-hybridized carbons (Fsp3) is 0.333. The number of benzene rings is 1. The van der Waals surface area contributed by atoms with Gasteiger partial charge in [0.1, 0.15) is 11.3 Å². The second-order valence-corrected chi connectivity index (χ2v) is 7.40. The molecule has 1 unspecified atom stereocenters. The Labute approximate surface area is 166 Å². The largest absolute Gasteiger partial charge is 0.497 e. The number of hydrogen-bond acceptors (Lipinski definition) is 8. The third-order valence-electron chi connectivity index (χ3n) is 4.70. The summed E-state index contributed by atoms with van der Waals surface area (Å²) in [4.78, 5) is 30.4. The lowest BCUT2D eigenvalue weighted by molar-refractivity contribution is 0.200. The number of fused-ring (bicyclic) bond motifs is 1. The Bertz CT molecular complexity index is 1010. The number of anilines is 3. The molecule has 1 aliphatic heterocycles. The molecule has 3 aromatic rings. The molecule has 3 heterocycles. The molecule has 4 rings (SSSR count). The Kier molecular flexibility index (Phi) is 4.86. The van der Waals surface area contributed by atoms with E-state index in [1.807, 2.05) is 18.2 Å². The molecule has 1 saturated heterocycles. The van der Waals surface area contributed by atoms with Gasteiger partial charge in [-0.2, -0.15) is 4.98 Å². The van der Waals surface area contributed by atoms with E-state index in [0.29, 0.717) is 31.1 Å². The highest BCUT2D eigenvalue weighted by atomic mass is 32.1. The summed E-state index contributed by atoms with van der Waals surface area (Å²) in [5, 5.41) is 2.93. The van der Waals surface area contributed by atoms with Gasteiger partial charge in [-0.25, -0.2) is 14.8 Å². The van der Waals surface area contributed by atoms with Crippen molar-refractivity contribution in [3.63, 3.8) is 0 Å². The number of nitrogen functional groups attached to an aromatic ring is 1. The van der Waals surface area contributed by atoms with E-state index in [1.165, 1.54) is 11.3 Å². The number of carbonyl (C=O) groups is 1. The number of aromatic nitrogens is 3. The Morgan fingerprint density at radius 1 is 1.36 bits per heavy atom. The van der Waals surface area contributed by atoms with Crippen molar-refractivity contribution in [2.24, 2.45) is 0 Å². The molecule has 1 atom stereocenters. The number of piperazine rings is 1. The van der Waals surface area contributed by atoms with Crippen molar-refractivity contribution >= 4 is 45.2 Å². The highest BCUT2D eigenvalue weighted by molar-refractivity contribution is 7.16. The fourth-order valence-corrected chi connectivity index (χ4v) is 3.98. The van der Waals surface area contributed by atoms with Crippen LogP contribution in [0, 0.1) is 0 Å². The smallest absolute Gasteiger partial charge is 0.321 e. The molecule has 0 saturated carbocycles. The van der Waals surface area contributed by atoms with Gasteiger partial charge in [0.05, 0.1) is 12.6 Å². The van der Waals surface area contributed by atoms with Gasteiger partial charge in [-0.3, -0.25) is 0 Å². The van der Waals surface area contributed by atoms with Gasteiger partial charge in [-0.1, -0.05) is 6.07 Å². The molecule has 2 aromatic heterocycles. The quantitative estimate of drug-likeness (QED) is 0.696. The molecule has 3 N–H and O–H groups in total. The van der Waals surface area contributed by atoms with E-state index in [9.17, 15) is 4.79 Å². The lowest BCUT2D eigenvalue weighted by atomic mass is 10.2. The molecule has 10 heteroatoms. The first kappa shape index (κ1) is 18.2. The minimum absolute atomic E-state index is 0.0593. The van der Waals surface area contributed by atoms with E-state index in [0.717, 1.165) is 16.2 Å². The first-order valence-corrected chi connectivity index (χ1v) is 9.76. The van der Waals surface area contributed by atoms with Crippen molar-refractivity contribution in [2.45, 2.75) is 13.0 Å². The number of hydrogen-bond donors (Lipinski definition) is 2. The minimum atomic E-state index is -0.138. The summed E-state index contributed by atoms with van der Waals surface area (Å²) in [7, 11) is 1.60. The zero-order valence-corrected chi connectivity index (χ0v) is 16.4. The van der Waals surface area contributed by atoms with Crippen LogP contribution in [0.15, 0.2) is 29.8 Å². The molecular formula is C18H21N7O2S. The summed E-state index contributed by atoms with van der Waals surface area (Å²) in [5.74, 6) is 1.66. The van der Waals surface area contributed by atoms with Gasteiger partial charge < -0.3 is 25.6 Å². The number of nitrogens with two attached hydrogens (primary N) is 1. The second-order valence-electron chi connectivity index (χ2n) is 6.56. The summed E-state index contributed by atoms with van der Waals surface area (Å²) in [6, 6.07) is 7.23. The number of ether oxygens (including phenoxy) is 1. The number of urea groups is 1. The van der Waals surface area contributed by atoms with E-state index in [1.54, 1.807) is 23.6 Å². The van der Waals surface area contributed by atoms with E-state index in [2.05, 4.69) is 32.1 Å². The SMILES string of the molecule is COc1cccc(NC(=O)N2CCN(c3nc(N)nc4scnc34)C(C)C2)c1. The van der Waals surface area contributed by atoms with Crippen molar-refractivity contribution in [1.29, 1.82) is 0 Å². The summed E-state index contributed by atoms with van der Waals surface area (Å²) in [5.41, 5.74) is 9.06. The molecular weight excluding hydrogens is 378 g/mol. The van der Waals surface area contributed by atoms with Crippen LogP contribution in [0.25, 0.3) is 10.3 Å². The predicted octanol–water partition coefficient (Wildman–Crippen LogP) is 2.42. The summed E-state index contributed by atoms with van der Waals surface area (Å²) >= 11 is 1.44. The molecule has 0 radical (unpaired) electrons. The van der Waals surface area contributed by atoms with Crippen molar-refractivity contribution in [2.75, 3.05) is 42.7 Å². The summed E-state index contributed by atoms with van der Waals surface area (Å²) in [6.07, 6.45) is 0. The fourth-order valence-electron chi connectivity index (χ4n) is 3.32. The lowest BCUT2D eigenvalue weighted by Gasteiger charge is -2.40.